The molecule has 0 spiro atoms. The molecule has 0 radical (unpaired) electrons. The molecule has 1 heterocycles. The lowest BCUT2D eigenvalue weighted by atomic mass is 10.0. The number of hydrogen-bond donors (Lipinski definition) is 2. The van der Waals surface area contributed by atoms with Crippen molar-refractivity contribution < 1.29 is 9.59 Å². The second-order valence-corrected chi connectivity index (χ2v) is 6.87. The van der Waals surface area contributed by atoms with Crippen LogP contribution in [0.3, 0.4) is 0 Å². The van der Waals surface area contributed by atoms with Gasteiger partial charge in [-0.1, -0.05) is 50.2 Å². The maximum Gasteiger partial charge on any atom is 0.252 e. The molecule has 5 heteroatoms. The molecule has 1 aromatic heterocycles. The minimum Gasteiger partial charge on any atom is -0.354 e. The van der Waals surface area contributed by atoms with Crippen LogP contribution in [-0.2, 0) is 4.79 Å². The average molecular weight is 361 g/mol. The van der Waals surface area contributed by atoms with Crippen molar-refractivity contribution in [3.05, 3.63) is 78.0 Å². The molecule has 3 aromatic rings. The summed E-state index contributed by atoms with van der Waals surface area (Å²) < 4.78 is 0. The van der Waals surface area contributed by atoms with Crippen LogP contribution in [0.4, 0.5) is 0 Å². The molecule has 138 valence electrons. The van der Waals surface area contributed by atoms with Crippen molar-refractivity contribution in [2.45, 2.75) is 19.9 Å². The van der Waals surface area contributed by atoms with Crippen LogP contribution in [0.25, 0.3) is 10.9 Å². The van der Waals surface area contributed by atoms with Crippen molar-refractivity contribution in [1.29, 1.82) is 0 Å². The summed E-state index contributed by atoms with van der Waals surface area (Å²) in [5.74, 6) is -0.186. The summed E-state index contributed by atoms with van der Waals surface area (Å²) in [4.78, 5) is 29.8. The molecule has 2 aromatic carbocycles. The fraction of sp³-hybridized carbons (Fsp3) is 0.227. The minimum absolute atomic E-state index is 0.217. The van der Waals surface area contributed by atoms with Crippen LogP contribution in [-0.4, -0.2) is 23.3 Å². The highest BCUT2D eigenvalue weighted by Gasteiger charge is 2.23. The number of hydrogen-bond acceptors (Lipinski definition) is 3. The molecule has 1 unspecified atom stereocenters. The lowest BCUT2D eigenvalue weighted by Gasteiger charge is -2.20. The molecule has 3 rings (SSSR count). The van der Waals surface area contributed by atoms with E-state index in [0.29, 0.717) is 18.0 Å². The average Bonchev–Trinajstić information content (AvgIpc) is 2.70. The van der Waals surface area contributed by atoms with Crippen LogP contribution >= 0.6 is 0 Å². The largest absolute Gasteiger partial charge is 0.354 e. The van der Waals surface area contributed by atoms with Gasteiger partial charge in [-0.3, -0.25) is 14.6 Å². The Morgan fingerprint density at radius 3 is 2.52 bits per heavy atom. The van der Waals surface area contributed by atoms with Gasteiger partial charge in [0.1, 0.15) is 6.04 Å². The lowest BCUT2D eigenvalue weighted by molar-refractivity contribution is -0.123. The predicted molar refractivity (Wildman–Crippen MR) is 106 cm³/mol. The van der Waals surface area contributed by atoms with Crippen molar-refractivity contribution in [2.75, 3.05) is 6.54 Å². The standard InChI is InChI=1S/C22H23N3O2/c1-15(2)14-24-22(27)20(16-7-4-3-5-8-16)25-21(26)18-10-11-19-17(13-18)9-6-12-23-19/h3-13,15,20H,14H2,1-2H3,(H,24,27)(H,25,26). The lowest BCUT2D eigenvalue weighted by Crippen LogP contribution is -2.41. The molecule has 2 amide bonds. The van der Waals surface area contributed by atoms with Gasteiger partial charge in [0, 0.05) is 23.7 Å². The van der Waals surface area contributed by atoms with E-state index >= 15 is 0 Å². The Kier molecular flexibility index (Phi) is 5.81. The second kappa shape index (κ2) is 8.45. The first-order chi connectivity index (χ1) is 13.0. The molecule has 2 N–H and O–H groups in total. The summed E-state index contributed by atoms with van der Waals surface area (Å²) in [6.45, 7) is 4.61. The quantitative estimate of drug-likeness (QED) is 0.706. The number of nitrogens with zero attached hydrogens (tertiary/aromatic N) is 1. The van der Waals surface area contributed by atoms with E-state index in [-0.39, 0.29) is 11.8 Å². The van der Waals surface area contributed by atoms with E-state index in [4.69, 9.17) is 0 Å². The van der Waals surface area contributed by atoms with Crippen LogP contribution in [0.15, 0.2) is 66.9 Å². The summed E-state index contributed by atoms with van der Waals surface area (Å²) in [6, 6.07) is 17.6. The Labute approximate surface area is 158 Å². The van der Waals surface area contributed by atoms with Crippen molar-refractivity contribution in [3.8, 4) is 0 Å². The maximum atomic E-state index is 12.8. The van der Waals surface area contributed by atoms with Crippen LogP contribution in [0, 0.1) is 5.92 Å². The zero-order valence-corrected chi connectivity index (χ0v) is 15.5. The number of pyridine rings is 1. The number of carbonyl (C=O) groups excluding carboxylic acids is 2. The molecule has 0 aliphatic carbocycles. The Morgan fingerprint density at radius 1 is 1.00 bits per heavy atom. The molecule has 27 heavy (non-hydrogen) atoms. The maximum absolute atomic E-state index is 12.8. The Bertz CT molecular complexity index is 938. The van der Waals surface area contributed by atoms with Gasteiger partial charge in [0.15, 0.2) is 0 Å². The van der Waals surface area contributed by atoms with E-state index in [0.717, 1.165) is 16.5 Å². The van der Waals surface area contributed by atoms with E-state index in [1.165, 1.54) is 0 Å². The summed E-state index contributed by atoms with van der Waals surface area (Å²) >= 11 is 0. The van der Waals surface area contributed by atoms with Crippen LogP contribution < -0.4 is 10.6 Å². The molecule has 0 saturated carbocycles. The van der Waals surface area contributed by atoms with Crippen molar-refractivity contribution >= 4 is 22.7 Å². The molecule has 0 saturated heterocycles. The first-order valence-electron chi connectivity index (χ1n) is 9.03. The van der Waals surface area contributed by atoms with Gasteiger partial charge in [-0.2, -0.15) is 0 Å². The zero-order chi connectivity index (χ0) is 19.2. The van der Waals surface area contributed by atoms with Crippen LogP contribution in [0.5, 0.6) is 0 Å². The topological polar surface area (TPSA) is 71.1 Å². The highest BCUT2D eigenvalue weighted by atomic mass is 16.2. The van der Waals surface area contributed by atoms with Gasteiger partial charge in [0.25, 0.3) is 5.91 Å². The van der Waals surface area contributed by atoms with Gasteiger partial charge in [-0.25, -0.2) is 0 Å². The van der Waals surface area contributed by atoms with Crippen LogP contribution in [0.1, 0.15) is 35.8 Å². The molecule has 1 atom stereocenters. The van der Waals surface area contributed by atoms with Crippen molar-refractivity contribution in [1.82, 2.24) is 15.6 Å². The monoisotopic (exact) mass is 361 g/mol. The van der Waals surface area contributed by atoms with Crippen molar-refractivity contribution in [3.63, 3.8) is 0 Å². The predicted octanol–water partition coefficient (Wildman–Crippen LogP) is 3.48. The summed E-state index contributed by atoms with van der Waals surface area (Å²) in [5, 5.41) is 6.65. The van der Waals surface area contributed by atoms with Gasteiger partial charge in [0.05, 0.1) is 5.52 Å². The summed E-state index contributed by atoms with van der Waals surface area (Å²) in [5.41, 5.74) is 2.06. The van der Waals surface area contributed by atoms with Crippen molar-refractivity contribution in [2.24, 2.45) is 5.92 Å². The fourth-order valence-corrected chi connectivity index (χ4v) is 2.78. The third-order valence-electron chi connectivity index (χ3n) is 4.22. The number of carbonyl (C=O) groups is 2. The normalized spacial score (nSPS) is 12.0. The smallest absolute Gasteiger partial charge is 0.252 e. The van der Waals surface area contributed by atoms with E-state index in [9.17, 15) is 9.59 Å². The minimum atomic E-state index is -0.748. The molecule has 5 nitrogen and oxygen atoms in total. The third kappa shape index (κ3) is 4.70. The highest BCUT2D eigenvalue weighted by molar-refractivity contribution is 6.00. The number of nitrogens with one attached hydrogen (secondary N) is 2. The number of aromatic nitrogens is 1. The van der Waals surface area contributed by atoms with Crippen LogP contribution in [0.2, 0.25) is 0 Å². The Morgan fingerprint density at radius 2 is 1.78 bits per heavy atom. The highest BCUT2D eigenvalue weighted by Crippen LogP contribution is 2.17. The molecule has 0 aliphatic heterocycles. The summed E-state index contributed by atoms with van der Waals surface area (Å²) in [6.07, 6.45) is 1.71. The van der Waals surface area contributed by atoms with Gasteiger partial charge in [-0.15, -0.1) is 0 Å². The third-order valence-corrected chi connectivity index (χ3v) is 4.22. The Balaban J connectivity index is 1.83. The molecular weight excluding hydrogens is 338 g/mol. The molecule has 0 bridgehead atoms. The first kappa shape index (κ1) is 18.6. The van der Waals surface area contributed by atoms with Gasteiger partial charge in [-0.05, 0) is 35.7 Å². The van der Waals surface area contributed by atoms with E-state index in [1.54, 1.807) is 24.4 Å². The summed E-state index contributed by atoms with van der Waals surface area (Å²) in [7, 11) is 0. The molecule has 0 aliphatic rings. The number of amides is 2. The SMILES string of the molecule is CC(C)CNC(=O)C(NC(=O)c1ccc2ncccc2c1)c1ccccc1. The van der Waals surface area contributed by atoms with Gasteiger partial charge in [0.2, 0.25) is 5.91 Å². The molecule has 0 fully saturated rings. The van der Waals surface area contributed by atoms with E-state index < -0.39 is 6.04 Å². The van der Waals surface area contributed by atoms with Gasteiger partial charge < -0.3 is 10.6 Å². The first-order valence-corrected chi connectivity index (χ1v) is 9.03. The number of rotatable bonds is 6. The number of fused-ring (bicyclic) bond motifs is 1. The second-order valence-electron chi connectivity index (χ2n) is 6.87. The van der Waals surface area contributed by atoms with E-state index in [2.05, 4.69) is 15.6 Å². The Hall–Kier alpha value is -3.21. The zero-order valence-electron chi connectivity index (χ0n) is 15.5. The number of benzene rings is 2. The van der Waals surface area contributed by atoms with Gasteiger partial charge >= 0.3 is 0 Å². The molecular formula is C22H23N3O2. The fourth-order valence-electron chi connectivity index (χ4n) is 2.78. The van der Waals surface area contributed by atoms with E-state index in [1.807, 2.05) is 56.3 Å².